The number of carboxylic acids is 1. The van der Waals surface area contributed by atoms with Gasteiger partial charge >= 0.3 is 5.97 Å². The number of carboxylic acid groups (broad SMARTS) is 1. The molecule has 0 bridgehead atoms. The van der Waals surface area contributed by atoms with Crippen LogP contribution in [-0.4, -0.2) is 67.4 Å². The number of nitrogens with one attached hydrogen (secondary N) is 1. The third-order valence-corrected chi connectivity index (χ3v) is 7.35. The van der Waals surface area contributed by atoms with Crippen molar-refractivity contribution >= 4 is 51.7 Å². The van der Waals surface area contributed by atoms with Crippen molar-refractivity contribution in [3.63, 3.8) is 0 Å². The predicted octanol–water partition coefficient (Wildman–Crippen LogP) is -0.149. The summed E-state index contributed by atoms with van der Waals surface area (Å²) in [6.45, 7) is 3.66. The molecule has 188 valence electrons. The molecule has 0 radical (unpaired) electrons. The number of aliphatic hydroxyl groups is 1. The molecule has 4 heterocycles. The van der Waals surface area contributed by atoms with E-state index in [1.807, 2.05) is 0 Å². The second-order valence-corrected chi connectivity index (χ2v) is 9.75. The zero-order valence-corrected chi connectivity index (χ0v) is 20.5. The fourth-order valence-corrected chi connectivity index (χ4v) is 5.64. The number of thiazole rings is 1. The molecule has 12 nitrogen and oxygen atoms in total. The summed E-state index contributed by atoms with van der Waals surface area (Å²) in [7, 11) is 0. The van der Waals surface area contributed by atoms with Gasteiger partial charge in [0.1, 0.15) is 29.4 Å². The predicted molar refractivity (Wildman–Crippen MR) is 131 cm³/mol. The maximum atomic E-state index is 13.0. The molecular weight excluding hydrogens is 508 g/mol. The average molecular weight is 532 g/mol. The first-order chi connectivity index (χ1) is 17.3. The summed E-state index contributed by atoms with van der Waals surface area (Å²) in [6.07, 6.45) is 4.92. The van der Waals surface area contributed by atoms with Gasteiger partial charge in [-0.05, 0) is 6.07 Å². The summed E-state index contributed by atoms with van der Waals surface area (Å²) in [5, 5.41) is 26.9. The van der Waals surface area contributed by atoms with Crippen LogP contribution in [0.3, 0.4) is 0 Å². The van der Waals surface area contributed by atoms with Crippen LogP contribution in [0.2, 0.25) is 0 Å². The van der Waals surface area contributed by atoms with Crippen molar-refractivity contribution in [1.82, 2.24) is 15.2 Å². The average Bonchev–Trinajstić information content (AvgIpc) is 3.30. The molecule has 0 spiro atoms. The molecule has 1 unspecified atom stereocenters. The van der Waals surface area contributed by atoms with Gasteiger partial charge in [-0.3, -0.25) is 14.5 Å². The van der Waals surface area contributed by atoms with Crippen LogP contribution in [-0.2, 0) is 32.4 Å². The third-order valence-electron chi connectivity index (χ3n) is 5.34. The number of hydrogen-bond acceptors (Lipinski definition) is 10. The number of nitrogens with zero attached hydrogens (tertiary/aromatic N) is 4. The van der Waals surface area contributed by atoms with E-state index in [4.69, 9.17) is 10.6 Å². The molecule has 14 heteroatoms. The SMILES string of the molecule is C=CCON=C(C(=O)NC1C(=O)N2C(C(=O)O)=C(C[n+]3cccc(CO)c3)CS[C@@H]12)c1csc(N)n1. The number of carbonyl (C=O) groups excluding carboxylic acids is 2. The molecule has 0 aromatic carbocycles. The van der Waals surface area contributed by atoms with Crippen LogP contribution in [0, 0.1) is 0 Å². The van der Waals surface area contributed by atoms with E-state index < -0.39 is 29.2 Å². The largest absolute Gasteiger partial charge is 0.477 e. The first kappa shape index (κ1) is 25.3. The Bertz CT molecular complexity index is 1280. The number of oxime groups is 1. The van der Waals surface area contributed by atoms with Crippen LogP contribution >= 0.6 is 23.1 Å². The van der Waals surface area contributed by atoms with Crippen molar-refractivity contribution < 1.29 is 34.0 Å². The van der Waals surface area contributed by atoms with Gasteiger partial charge in [-0.15, -0.1) is 23.1 Å². The normalized spacial score (nSPS) is 19.4. The Morgan fingerprint density at radius 2 is 2.28 bits per heavy atom. The van der Waals surface area contributed by atoms with E-state index in [1.165, 1.54) is 28.1 Å². The van der Waals surface area contributed by atoms with Crippen molar-refractivity contribution in [3.8, 4) is 0 Å². The lowest BCUT2D eigenvalue weighted by molar-refractivity contribution is -0.689. The highest BCUT2D eigenvalue weighted by atomic mass is 32.2. The van der Waals surface area contributed by atoms with Crippen molar-refractivity contribution in [1.29, 1.82) is 0 Å². The van der Waals surface area contributed by atoms with E-state index in [0.29, 0.717) is 16.9 Å². The van der Waals surface area contributed by atoms with Crippen LogP contribution in [0.1, 0.15) is 11.3 Å². The minimum atomic E-state index is -1.23. The Labute approximate surface area is 213 Å². The van der Waals surface area contributed by atoms with E-state index in [0.717, 1.165) is 11.3 Å². The number of anilines is 1. The number of rotatable bonds is 10. The summed E-state index contributed by atoms with van der Waals surface area (Å²) < 4.78 is 1.75. The Hall–Kier alpha value is -3.75. The zero-order valence-electron chi connectivity index (χ0n) is 18.9. The maximum absolute atomic E-state index is 13.0. The van der Waals surface area contributed by atoms with Gasteiger partial charge in [0.15, 0.2) is 29.8 Å². The van der Waals surface area contributed by atoms with Crippen molar-refractivity contribution in [2.24, 2.45) is 5.16 Å². The molecule has 2 aliphatic rings. The first-order valence-electron chi connectivity index (χ1n) is 10.7. The second-order valence-electron chi connectivity index (χ2n) is 7.76. The van der Waals surface area contributed by atoms with Gasteiger partial charge in [-0.25, -0.2) is 14.3 Å². The first-order valence-corrected chi connectivity index (χ1v) is 12.6. The van der Waals surface area contributed by atoms with E-state index >= 15 is 0 Å². The summed E-state index contributed by atoms with van der Waals surface area (Å²) >= 11 is 2.46. The number of amides is 2. The van der Waals surface area contributed by atoms with Crippen molar-refractivity contribution in [2.75, 3.05) is 18.1 Å². The zero-order chi connectivity index (χ0) is 25.8. The lowest BCUT2D eigenvalue weighted by atomic mass is 10.0. The molecule has 2 amide bonds. The number of β-lactam (4-membered cyclic amide) rings is 1. The summed E-state index contributed by atoms with van der Waals surface area (Å²) in [5.41, 5.74) is 6.81. The smallest absolute Gasteiger partial charge is 0.352 e. The molecule has 0 saturated carbocycles. The van der Waals surface area contributed by atoms with Gasteiger partial charge in [0, 0.05) is 28.3 Å². The molecule has 1 saturated heterocycles. The Kier molecular flexibility index (Phi) is 7.67. The van der Waals surface area contributed by atoms with Gasteiger partial charge in [0.25, 0.3) is 11.8 Å². The monoisotopic (exact) mass is 531 g/mol. The molecule has 2 atom stereocenters. The van der Waals surface area contributed by atoms with E-state index in [2.05, 4.69) is 22.0 Å². The number of aromatic nitrogens is 2. The highest BCUT2D eigenvalue weighted by Gasteiger charge is 2.54. The number of fused-ring (bicyclic) bond motifs is 1. The summed E-state index contributed by atoms with van der Waals surface area (Å²) in [5.74, 6) is -2.14. The second kappa shape index (κ2) is 10.9. The Balaban J connectivity index is 1.53. The van der Waals surface area contributed by atoms with Crippen LogP contribution in [0.15, 0.2) is 59.0 Å². The van der Waals surface area contributed by atoms with Crippen LogP contribution < -0.4 is 15.6 Å². The quantitative estimate of drug-likeness (QED) is 0.0813. The number of aliphatic carboxylic acids is 1. The fraction of sp³-hybridized carbons (Fsp3) is 0.273. The molecule has 4 rings (SSSR count). The van der Waals surface area contributed by atoms with Gasteiger partial charge in [-0.2, -0.15) is 0 Å². The highest BCUT2D eigenvalue weighted by Crippen LogP contribution is 2.40. The standard InChI is InChI=1S/C22H22N6O6S2/c1-2-6-34-26-15(14-11-36-22(23)24-14)18(30)25-16-19(31)28-17(21(32)33)13(10-35-20(16)28)8-27-5-3-4-12(7-27)9-29/h2-5,7,11,16,20,29H,1,6,8-10H2,(H3-,23,24,25,30,32,33)/p+1/t16?,20-/m0/s1. The Morgan fingerprint density at radius 1 is 1.47 bits per heavy atom. The van der Waals surface area contributed by atoms with E-state index in [1.54, 1.807) is 29.1 Å². The lowest BCUT2D eigenvalue weighted by Gasteiger charge is -2.49. The van der Waals surface area contributed by atoms with Crippen LogP contribution in [0.25, 0.3) is 0 Å². The van der Waals surface area contributed by atoms with Crippen LogP contribution in [0.4, 0.5) is 5.13 Å². The molecular formula is C22H23N6O6S2+. The van der Waals surface area contributed by atoms with Gasteiger partial charge in [0.2, 0.25) is 0 Å². The van der Waals surface area contributed by atoms with Gasteiger partial charge in [-0.1, -0.05) is 17.8 Å². The van der Waals surface area contributed by atoms with Gasteiger partial charge < -0.3 is 26.1 Å². The van der Waals surface area contributed by atoms with Gasteiger partial charge in [0.05, 0.1) is 6.61 Å². The summed E-state index contributed by atoms with van der Waals surface area (Å²) in [4.78, 5) is 48.4. The number of nitrogen functional groups attached to an aromatic ring is 1. The summed E-state index contributed by atoms with van der Waals surface area (Å²) in [6, 6.07) is 2.55. The molecule has 1 fully saturated rings. The number of aliphatic hydroxyl groups excluding tert-OH is 1. The Morgan fingerprint density at radius 3 is 2.94 bits per heavy atom. The molecule has 0 aliphatic carbocycles. The van der Waals surface area contributed by atoms with Crippen molar-refractivity contribution in [2.45, 2.75) is 24.6 Å². The lowest BCUT2D eigenvalue weighted by Crippen LogP contribution is -2.71. The minimum Gasteiger partial charge on any atom is -0.477 e. The van der Waals surface area contributed by atoms with E-state index in [9.17, 15) is 24.6 Å². The molecule has 2 aromatic rings. The number of thioether (sulfide) groups is 1. The number of hydrogen-bond donors (Lipinski definition) is 4. The molecule has 36 heavy (non-hydrogen) atoms. The number of nitrogens with two attached hydrogens (primary N) is 1. The van der Waals surface area contributed by atoms with E-state index in [-0.39, 0.29) is 42.0 Å². The molecule has 2 aromatic heterocycles. The number of pyridine rings is 1. The van der Waals surface area contributed by atoms with Crippen molar-refractivity contribution in [3.05, 3.63) is 65.1 Å². The number of carbonyl (C=O) groups is 3. The topological polar surface area (TPSA) is 171 Å². The molecule has 5 N–H and O–H groups in total. The third kappa shape index (κ3) is 5.10. The minimum absolute atomic E-state index is 0.0553. The highest BCUT2D eigenvalue weighted by molar-refractivity contribution is 8.00. The fourth-order valence-electron chi connectivity index (χ4n) is 3.76. The molecule has 2 aliphatic heterocycles. The van der Waals surface area contributed by atoms with Crippen LogP contribution in [0.5, 0.6) is 0 Å². The maximum Gasteiger partial charge on any atom is 0.352 e.